The molecule has 2 aliphatic rings. The van der Waals surface area contributed by atoms with Crippen LogP contribution in [0.1, 0.15) is 25.8 Å². The van der Waals surface area contributed by atoms with Gasteiger partial charge in [-0.15, -0.1) is 0 Å². The Kier molecular flexibility index (Phi) is 3.57. The summed E-state index contributed by atoms with van der Waals surface area (Å²) in [5.41, 5.74) is 0.818. The van der Waals surface area contributed by atoms with Crippen LogP contribution in [0, 0.1) is 0 Å². The van der Waals surface area contributed by atoms with Crippen LogP contribution in [0.4, 0.5) is 0 Å². The summed E-state index contributed by atoms with van der Waals surface area (Å²) in [6, 6.07) is 3.97. The molecule has 2 aliphatic heterocycles. The van der Waals surface area contributed by atoms with Crippen LogP contribution in [0.25, 0.3) is 6.08 Å². The summed E-state index contributed by atoms with van der Waals surface area (Å²) < 4.78 is 17.7. The van der Waals surface area contributed by atoms with E-state index in [1.54, 1.807) is 0 Å². The fourth-order valence-electron chi connectivity index (χ4n) is 2.74. The number of hydrogen-bond donors (Lipinski definition) is 1. The predicted molar refractivity (Wildman–Crippen MR) is 78.7 cm³/mol. The van der Waals surface area contributed by atoms with Gasteiger partial charge in [0.25, 0.3) is 0 Å². The SMILES string of the molecule is CCOc1ccc2c(c1OCC)OC1(C=C2)CCNC1. The number of rotatable bonds is 4. The zero-order valence-electron chi connectivity index (χ0n) is 12.1. The van der Waals surface area contributed by atoms with Crippen LogP contribution in [-0.2, 0) is 0 Å². The molecular weight excluding hydrogens is 254 g/mol. The van der Waals surface area contributed by atoms with Crippen molar-refractivity contribution >= 4 is 6.08 Å². The smallest absolute Gasteiger partial charge is 0.204 e. The lowest BCUT2D eigenvalue weighted by Gasteiger charge is -2.32. The molecule has 0 bridgehead atoms. The molecule has 3 rings (SSSR count). The number of fused-ring (bicyclic) bond motifs is 1. The molecule has 108 valence electrons. The van der Waals surface area contributed by atoms with Gasteiger partial charge in [0.05, 0.1) is 13.2 Å². The van der Waals surface area contributed by atoms with Crippen molar-refractivity contribution in [1.29, 1.82) is 0 Å². The van der Waals surface area contributed by atoms with E-state index < -0.39 is 0 Å². The summed E-state index contributed by atoms with van der Waals surface area (Å²) in [5.74, 6) is 2.29. The van der Waals surface area contributed by atoms with Gasteiger partial charge in [-0.05, 0) is 38.6 Å². The molecule has 1 unspecified atom stereocenters. The van der Waals surface area contributed by atoms with Gasteiger partial charge in [-0.2, -0.15) is 0 Å². The number of nitrogens with one attached hydrogen (secondary N) is 1. The summed E-state index contributed by atoms with van der Waals surface area (Å²) in [6.45, 7) is 6.97. The second-order valence-electron chi connectivity index (χ2n) is 5.10. The van der Waals surface area contributed by atoms with Crippen molar-refractivity contribution < 1.29 is 14.2 Å². The molecule has 1 N–H and O–H groups in total. The van der Waals surface area contributed by atoms with Crippen molar-refractivity contribution in [3.05, 3.63) is 23.8 Å². The lowest BCUT2D eigenvalue weighted by Crippen LogP contribution is -2.37. The zero-order chi connectivity index (χ0) is 14.0. The Bertz CT molecular complexity index is 519. The standard InChI is InChI=1S/C16H21NO3/c1-3-18-13-6-5-12-7-8-16(9-10-17-11-16)20-14(12)15(13)19-4-2/h5-8,17H,3-4,9-11H2,1-2H3. The van der Waals surface area contributed by atoms with Crippen LogP contribution in [0.3, 0.4) is 0 Å². The average molecular weight is 275 g/mol. The molecular formula is C16H21NO3. The third kappa shape index (κ3) is 2.24. The first-order valence-electron chi connectivity index (χ1n) is 7.29. The lowest BCUT2D eigenvalue weighted by atomic mass is 9.97. The fourth-order valence-corrected chi connectivity index (χ4v) is 2.74. The minimum Gasteiger partial charge on any atom is -0.490 e. The van der Waals surface area contributed by atoms with Gasteiger partial charge in [0.15, 0.2) is 11.5 Å². The molecule has 0 saturated carbocycles. The Morgan fingerprint density at radius 1 is 1.25 bits per heavy atom. The van der Waals surface area contributed by atoms with Crippen LogP contribution in [0.5, 0.6) is 17.2 Å². The molecule has 1 atom stereocenters. The van der Waals surface area contributed by atoms with Gasteiger partial charge < -0.3 is 19.5 Å². The second-order valence-corrected chi connectivity index (χ2v) is 5.10. The molecule has 1 aromatic rings. The predicted octanol–water partition coefficient (Wildman–Crippen LogP) is 2.62. The summed E-state index contributed by atoms with van der Waals surface area (Å²) >= 11 is 0. The maximum Gasteiger partial charge on any atom is 0.204 e. The van der Waals surface area contributed by atoms with Gasteiger partial charge in [0, 0.05) is 18.5 Å². The number of ether oxygens (including phenoxy) is 3. The van der Waals surface area contributed by atoms with Crippen LogP contribution < -0.4 is 19.5 Å². The van der Waals surface area contributed by atoms with E-state index in [4.69, 9.17) is 14.2 Å². The first-order chi connectivity index (χ1) is 9.78. The van der Waals surface area contributed by atoms with Crippen LogP contribution in [0.15, 0.2) is 18.2 Å². The minimum absolute atomic E-state index is 0.232. The zero-order valence-corrected chi connectivity index (χ0v) is 12.1. The van der Waals surface area contributed by atoms with Crippen molar-refractivity contribution in [3.8, 4) is 17.2 Å². The van der Waals surface area contributed by atoms with Gasteiger partial charge in [-0.25, -0.2) is 0 Å². The molecule has 0 aromatic heterocycles. The normalized spacial score (nSPS) is 23.5. The largest absolute Gasteiger partial charge is 0.490 e. The summed E-state index contributed by atoms with van der Waals surface area (Å²) in [4.78, 5) is 0. The Balaban J connectivity index is 2.01. The van der Waals surface area contributed by atoms with Crippen molar-refractivity contribution in [1.82, 2.24) is 5.32 Å². The van der Waals surface area contributed by atoms with Gasteiger partial charge in [0.2, 0.25) is 5.75 Å². The molecule has 0 aliphatic carbocycles. The second kappa shape index (κ2) is 5.37. The molecule has 1 aromatic carbocycles. The molecule has 4 nitrogen and oxygen atoms in total. The highest BCUT2D eigenvalue weighted by Gasteiger charge is 2.37. The maximum absolute atomic E-state index is 6.30. The van der Waals surface area contributed by atoms with Crippen LogP contribution in [0.2, 0.25) is 0 Å². The average Bonchev–Trinajstić information content (AvgIpc) is 2.90. The van der Waals surface area contributed by atoms with E-state index in [0.717, 1.165) is 42.3 Å². The summed E-state index contributed by atoms with van der Waals surface area (Å²) in [7, 11) is 0. The monoisotopic (exact) mass is 275 g/mol. The highest BCUT2D eigenvalue weighted by Crippen LogP contribution is 2.45. The van der Waals surface area contributed by atoms with E-state index >= 15 is 0 Å². The molecule has 2 heterocycles. The summed E-state index contributed by atoms with van der Waals surface area (Å²) in [5, 5.41) is 3.36. The Hall–Kier alpha value is -1.68. The molecule has 4 heteroatoms. The Labute approximate surface area is 119 Å². The highest BCUT2D eigenvalue weighted by molar-refractivity contribution is 5.69. The third-order valence-electron chi connectivity index (χ3n) is 3.72. The molecule has 1 fully saturated rings. The summed E-state index contributed by atoms with van der Waals surface area (Å²) in [6.07, 6.45) is 5.27. The van der Waals surface area contributed by atoms with Gasteiger partial charge in [-0.3, -0.25) is 0 Å². The van der Waals surface area contributed by atoms with E-state index in [0.29, 0.717) is 13.2 Å². The van der Waals surface area contributed by atoms with E-state index in [1.165, 1.54) is 0 Å². The van der Waals surface area contributed by atoms with E-state index in [2.05, 4.69) is 17.5 Å². The Morgan fingerprint density at radius 2 is 2.10 bits per heavy atom. The minimum atomic E-state index is -0.232. The number of hydrogen-bond acceptors (Lipinski definition) is 4. The maximum atomic E-state index is 6.30. The van der Waals surface area contributed by atoms with Crippen molar-refractivity contribution in [2.45, 2.75) is 25.9 Å². The van der Waals surface area contributed by atoms with Crippen molar-refractivity contribution in [3.63, 3.8) is 0 Å². The molecule has 0 amide bonds. The van der Waals surface area contributed by atoms with E-state index in [9.17, 15) is 0 Å². The fraction of sp³-hybridized carbons (Fsp3) is 0.500. The number of benzene rings is 1. The van der Waals surface area contributed by atoms with Crippen molar-refractivity contribution in [2.24, 2.45) is 0 Å². The topological polar surface area (TPSA) is 39.7 Å². The molecule has 1 spiro atoms. The molecule has 0 radical (unpaired) electrons. The molecule has 20 heavy (non-hydrogen) atoms. The van der Waals surface area contributed by atoms with Gasteiger partial charge in [0.1, 0.15) is 5.60 Å². The van der Waals surface area contributed by atoms with Gasteiger partial charge in [-0.1, -0.05) is 6.08 Å². The van der Waals surface area contributed by atoms with Crippen molar-refractivity contribution in [2.75, 3.05) is 26.3 Å². The Morgan fingerprint density at radius 3 is 2.80 bits per heavy atom. The molecule has 1 saturated heterocycles. The van der Waals surface area contributed by atoms with Crippen LogP contribution >= 0.6 is 0 Å². The van der Waals surface area contributed by atoms with Gasteiger partial charge >= 0.3 is 0 Å². The van der Waals surface area contributed by atoms with Crippen LogP contribution in [-0.4, -0.2) is 31.9 Å². The highest BCUT2D eigenvalue weighted by atomic mass is 16.6. The van der Waals surface area contributed by atoms with E-state index in [1.807, 2.05) is 26.0 Å². The quantitative estimate of drug-likeness (QED) is 0.917. The lowest BCUT2D eigenvalue weighted by molar-refractivity contribution is 0.130. The first kappa shape index (κ1) is 13.3. The third-order valence-corrected chi connectivity index (χ3v) is 3.72. The van der Waals surface area contributed by atoms with E-state index in [-0.39, 0.29) is 5.60 Å². The first-order valence-corrected chi connectivity index (χ1v) is 7.29.